The van der Waals surface area contributed by atoms with Crippen LogP contribution in [0.1, 0.15) is 22.5 Å². The van der Waals surface area contributed by atoms with Crippen LogP contribution in [0, 0.1) is 0 Å². The topological polar surface area (TPSA) is 55.3 Å². The van der Waals surface area contributed by atoms with Crippen LogP contribution in [-0.2, 0) is 0 Å². The molecule has 2 aromatic rings. The average Bonchev–Trinajstić information content (AvgIpc) is 2.95. The summed E-state index contributed by atoms with van der Waals surface area (Å²) in [6.45, 7) is 1.42. The lowest BCUT2D eigenvalue weighted by atomic mass is 10.1. The summed E-state index contributed by atoms with van der Waals surface area (Å²) in [6, 6.07) is 3.62. The van der Waals surface area contributed by atoms with Gasteiger partial charge in [-0.2, -0.15) is 0 Å². The van der Waals surface area contributed by atoms with Gasteiger partial charge in [0.2, 0.25) is 5.88 Å². The monoisotopic (exact) mass is 367 g/mol. The Morgan fingerprint density at radius 1 is 1.43 bits per heavy atom. The van der Waals surface area contributed by atoms with Gasteiger partial charge in [0.1, 0.15) is 12.4 Å². The van der Waals surface area contributed by atoms with Crippen LogP contribution in [0.4, 0.5) is 0 Å². The van der Waals surface area contributed by atoms with E-state index in [0.717, 1.165) is 22.2 Å². The van der Waals surface area contributed by atoms with Crippen molar-refractivity contribution >= 4 is 33.2 Å². The lowest BCUT2D eigenvalue weighted by Gasteiger charge is -2.31. The number of carbonyl (C=O) groups is 1. The van der Waals surface area contributed by atoms with E-state index in [1.807, 2.05) is 16.3 Å². The lowest BCUT2D eigenvalue weighted by molar-refractivity contribution is 0.0592. The first-order valence-corrected chi connectivity index (χ1v) is 8.35. The van der Waals surface area contributed by atoms with Crippen LogP contribution in [0.5, 0.6) is 5.88 Å². The van der Waals surface area contributed by atoms with Crippen LogP contribution in [0.3, 0.4) is 0 Å². The summed E-state index contributed by atoms with van der Waals surface area (Å²) in [5, 5.41) is 1.93. The van der Waals surface area contributed by atoms with Gasteiger partial charge in [-0.3, -0.25) is 4.79 Å². The molecule has 21 heavy (non-hydrogen) atoms. The fourth-order valence-electron chi connectivity index (χ4n) is 2.28. The molecule has 2 aromatic heterocycles. The highest BCUT2D eigenvalue weighted by Gasteiger charge is 2.25. The third-order valence-electron chi connectivity index (χ3n) is 3.35. The van der Waals surface area contributed by atoms with Crippen molar-refractivity contribution in [1.29, 1.82) is 0 Å². The zero-order chi connectivity index (χ0) is 14.7. The summed E-state index contributed by atoms with van der Waals surface area (Å²) in [6.07, 6.45) is 4.89. The Morgan fingerprint density at radius 2 is 2.24 bits per heavy atom. The molecule has 1 aliphatic heterocycles. The molecule has 1 amide bonds. The van der Waals surface area contributed by atoms with Crippen molar-refractivity contribution in [3.63, 3.8) is 0 Å². The Morgan fingerprint density at radius 3 is 2.86 bits per heavy atom. The van der Waals surface area contributed by atoms with Gasteiger partial charge in [-0.15, -0.1) is 11.3 Å². The first-order valence-electron chi connectivity index (χ1n) is 6.68. The maximum Gasteiger partial charge on any atom is 0.263 e. The maximum absolute atomic E-state index is 12.3. The highest BCUT2D eigenvalue weighted by atomic mass is 79.9. The molecule has 5 nitrogen and oxygen atoms in total. The predicted molar refractivity (Wildman–Crippen MR) is 83.6 cm³/mol. The van der Waals surface area contributed by atoms with Gasteiger partial charge in [-0.25, -0.2) is 9.97 Å². The van der Waals surface area contributed by atoms with Crippen LogP contribution < -0.4 is 4.74 Å². The molecule has 0 atom stereocenters. The van der Waals surface area contributed by atoms with Gasteiger partial charge < -0.3 is 9.64 Å². The Bertz CT molecular complexity index is 612. The number of nitrogens with zero attached hydrogens (tertiary/aromatic N) is 3. The van der Waals surface area contributed by atoms with Gasteiger partial charge >= 0.3 is 0 Å². The molecular formula is C14H14BrN3O2S. The second-order valence-electron chi connectivity index (χ2n) is 4.79. The van der Waals surface area contributed by atoms with Gasteiger partial charge in [0.15, 0.2) is 0 Å². The normalized spacial score (nSPS) is 16.0. The molecule has 0 spiro atoms. The SMILES string of the molecule is O=C(c1cc(Br)cs1)N1CCC(Oc2ccncn2)CC1. The van der Waals surface area contributed by atoms with E-state index in [1.165, 1.54) is 17.7 Å². The summed E-state index contributed by atoms with van der Waals surface area (Å²) < 4.78 is 6.76. The van der Waals surface area contributed by atoms with Crippen LogP contribution in [0.2, 0.25) is 0 Å². The summed E-state index contributed by atoms with van der Waals surface area (Å²) in [5.74, 6) is 0.697. The van der Waals surface area contributed by atoms with Crippen molar-refractivity contribution in [1.82, 2.24) is 14.9 Å². The third kappa shape index (κ3) is 3.59. The van der Waals surface area contributed by atoms with Crippen LogP contribution in [0.25, 0.3) is 0 Å². The Balaban J connectivity index is 1.54. The zero-order valence-electron chi connectivity index (χ0n) is 11.2. The molecule has 1 aliphatic rings. The molecular weight excluding hydrogens is 354 g/mol. The van der Waals surface area contributed by atoms with Gasteiger partial charge in [-0.05, 0) is 22.0 Å². The van der Waals surface area contributed by atoms with Crippen molar-refractivity contribution in [3.05, 3.63) is 39.4 Å². The molecule has 0 unspecified atom stereocenters. The van der Waals surface area contributed by atoms with Gasteiger partial charge in [0.05, 0.1) is 4.88 Å². The smallest absolute Gasteiger partial charge is 0.263 e. The first-order chi connectivity index (χ1) is 10.2. The number of hydrogen-bond acceptors (Lipinski definition) is 5. The molecule has 0 saturated carbocycles. The van der Waals surface area contributed by atoms with E-state index >= 15 is 0 Å². The highest BCUT2D eigenvalue weighted by molar-refractivity contribution is 9.10. The van der Waals surface area contributed by atoms with E-state index in [1.54, 1.807) is 12.3 Å². The van der Waals surface area contributed by atoms with Crippen molar-refractivity contribution in [2.75, 3.05) is 13.1 Å². The van der Waals surface area contributed by atoms with Gasteiger partial charge in [0, 0.05) is 48.0 Å². The molecule has 0 radical (unpaired) electrons. The molecule has 3 rings (SSSR count). The second-order valence-corrected chi connectivity index (χ2v) is 6.61. The largest absolute Gasteiger partial charge is 0.474 e. The molecule has 3 heterocycles. The van der Waals surface area contributed by atoms with Crippen molar-refractivity contribution < 1.29 is 9.53 Å². The van der Waals surface area contributed by atoms with Crippen LogP contribution >= 0.6 is 27.3 Å². The molecule has 1 saturated heterocycles. The number of rotatable bonds is 3. The summed E-state index contributed by atoms with van der Waals surface area (Å²) in [4.78, 5) is 22.9. The fourth-order valence-corrected chi connectivity index (χ4v) is 3.67. The first kappa shape index (κ1) is 14.5. The fraction of sp³-hybridized carbons (Fsp3) is 0.357. The predicted octanol–water partition coefficient (Wildman–Crippen LogP) is 2.98. The molecule has 0 N–H and O–H groups in total. The number of likely N-dealkylation sites (tertiary alicyclic amines) is 1. The number of ether oxygens (including phenoxy) is 1. The third-order valence-corrected chi connectivity index (χ3v) is 5.03. The Labute approximate surface area is 135 Å². The maximum atomic E-state index is 12.3. The van der Waals surface area contributed by atoms with Crippen molar-refractivity contribution in [2.24, 2.45) is 0 Å². The number of carbonyl (C=O) groups excluding carboxylic acids is 1. The standard InChI is InChI=1S/C14H14BrN3O2S/c15-10-7-12(21-8-10)14(19)18-5-2-11(3-6-18)20-13-1-4-16-9-17-13/h1,4,7-9,11H,2-3,5-6H2. The van der Waals surface area contributed by atoms with E-state index in [-0.39, 0.29) is 12.0 Å². The van der Waals surface area contributed by atoms with E-state index in [9.17, 15) is 4.79 Å². The van der Waals surface area contributed by atoms with Crippen molar-refractivity contribution in [2.45, 2.75) is 18.9 Å². The average molecular weight is 368 g/mol. The Kier molecular flexibility index (Phi) is 4.50. The molecule has 1 fully saturated rings. The quantitative estimate of drug-likeness (QED) is 0.836. The highest BCUT2D eigenvalue weighted by Crippen LogP contribution is 2.23. The zero-order valence-corrected chi connectivity index (χ0v) is 13.6. The van der Waals surface area contributed by atoms with Gasteiger partial charge in [0.25, 0.3) is 5.91 Å². The van der Waals surface area contributed by atoms with E-state index in [2.05, 4.69) is 25.9 Å². The van der Waals surface area contributed by atoms with E-state index in [0.29, 0.717) is 19.0 Å². The van der Waals surface area contributed by atoms with E-state index in [4.69, 9.17) is 4.74 Å². The Hall–Kier alpha value is -1.47. The van der Waals surface area contributed by atoms with E-state index < -0.39 is 0 Å². The number of halogens is 1. The minimum Gasteiger partial charge on any atom is -0.474 e. The minimum atomic E-state index is 0.103. The summed E-state index contributed by atoms with van der Waals surface area (Å²) >= 11 is 4.85. The van der Waals surface area contributed by atoms with Gasteiger partial charge in [-0.1, -0.05) is 0 Å². The molecule has 7 heteroatoms. The number of thiophene rings is 1. The number of amides is 1. The van der Waals surface area contributed by atoms with Crippen molar-refractivity contribution in [3.8, 4) is 5.88 Å². The summed E-state index contributed by atoms with van der Waals surface area (Å²) in [7, 11) is 0. The number of piperidine rings is 1. The molecule has 0 bridgehead atoms. The second kappa shape index (κ2) is 6.53. The molecule has 110 valence electrons. The molecule has 0 aromatic carbocycles. The summed E-state index contributed by atoms with van der Waals surface area (Å²) in [5.41, 5.74) is 0. The minimum absolute atomic E-state index is 0.103. The molecule has 0 aliphatic carbocycles. The van der Waals surface area contributed by atoms with Crippen LogP contribution in [0.15, 0.2) is 34.5 Å². The van der Waals surface area contributed by atoms with Crippen LogP contribution in [-0.4, -0.2) is 40.0 Å². The lowest BCUT2D eigenvalue weighted by Crippen LogP contribution is -2.41. The number of aromatic nitrogens is 2. The number of hydrogen-bond donors (Lipinski definition) is 0.